The fraction of sp³-hybridized carbons (Fsp3) is 0.560. The summed E-state index contributed by atoms with van der Waals surface area (Å²) >= 11 is 0.974. The molecule has 9 nitrogen and oxygen atoms in total. The molecule has 0 bridgehead atoms. The largest absolute Gasteiger partial charge is 0.356 e. The summed E-state index contributed by atoms with van der Waals surface area (Å²) in [7, 11) is 0. The standard InChI is InChI=1S/C25H34N6O3S/c1-18-8-10-20(11-9-18)27-22(33)23-28-29-24(35-23)25(34)31-16-5-7-19(17-31)21(32)26-12-6-15-30-13-3-2-4-14-30/h8-11,19H,2-7,12-17H2,1H3,(H,26,32)(H,27,33)/t19-/m1/s1. The Morgan fingerprint density at radius 2 is 1.74 bits per heavy atom. The number of nitrogens with one attached hydrogen (secondary N) is 2. The van der Waals surface area contributed by atoms with Crippen LogP contribution in [-0.4, -0.2) is 77.0 Å². The van der Waals surface area contributed by atoms with E-state index in [1.165, 1.54) is 19.3 Å². The second-order valence-corrected chi connectivity index (χ2v) is 10.3. The number of aromatic nitrogens is 2. The Hall–Kier alpha value is -2.85. The molecular weight excluding hydrogens is 464 g/mol. The number of hydrogen-bond acceptors (Lipinski definition) is 7. The summed E-state index contributed by atoms with van der Waals surface area (Å²) in [6, 6.07) is 7.43. The number of aryl methyl sites for hydroxylation is 1. The van der Waals surface area contributed by atoms with Crippen molar-refractivity contribution >= 4 is 34.7 Å². The van der Waals surface area contributed by atoms with Crippen LogP contribution in [0.3, 0.4) is 0 Å². The van der Waals surface area contributed by atoms with Gasteiger partial charge in [-0.15, -0.1) is 10.2 Å². The third-order valence-electron chi connectivity index (χ3n) is 6.59. The molecule has 1 aromatic carbocycles. The van der Waals surface area contributed by atoms with Gasteiger partial charge in [0.15, 0.2) is 0 Å². The second-order valence-electron chi connectivity index (χ2n) is 9.37. The number of piperidine rings is 2. The molecule has 1 aromatic heterocycles. The van der Waals surface area contributed by atoms with Crippen LogP contribution in [-0.2, 0) is 4.79 Å². The average molecular weight is 499 g/mol. The predicted octanol–water partition coefficient (Wildman–Crippen LogP) is 2.94. The molecule has 10 heteroatoms. The van der Waals surface area contributed by atoms with Gasteiger partial charge in [-0.2, -0.15) is 0 Å². The quantitative estimate of drug-likeness (QED) is 0.542. The van der Waals surface area contributed by atoms with E-state index in [0.717, 1.165) is 55.8 Å². The van der Waals surface area contributed by atoms with Crippen LogP contribution in [0.4, 0.5) is 5.69 Å². The highest BCUT2D eigenvalue weighted by Crippen LogP contribution is 2.21. The van der Waals surface area contributed by atoms with Gasteiger partial charge >= 0.3 is 0 Å². The minimum Gasteiger partial charge on any atom is -0.356 e. The summed E-state index contributed by atoms with van der Waals surface area (Å²) in [6.07, 6.45) is 6.33. The van der Waals surface area contributed by atoms with Crippen molar-refractivity contribution in [2.24, 2.45) is 5.92 Å². The van der Waals surface area contributed by atoms with Gasteiger partial charge in [-0.05, 0) is 70.8 Å². The lowest BCUT2D eigenvalue weighted by Crippen LogP contribution is -2.45. The molecule has 0 unspecified atom stereocenters. The molecule has 0 aliphatic carbocycles. The average Bonchev–Trinajstić information content (AvgIpc) is 3.39. The second kappa shape index (κ2) is 12.2. The summed E-state index contributed by atoms with van der Waals surface area (Å²) in [6.45, 7) is 6.91. The summed E-state index contributed by atoms with van der Waals surface area (Å²) < 4.78 is 0. The molecule has 1 atom stereocenters. The van der Waals surface area contributed by atoms with Gasteiger partial charge in [0.1, 0.15) is 0 Å². The highest BCUT2D eigenvalue weighted by Gasteiger charge is 2.30. The smallest absolute Gasteiger partial charge is 0.286 e. The Labute approximate surface area is 210 Å². The van der Waals surface area contributed by atoms with Gasteiger partial charge in [-0.1, -0.05) is 35.5 Å². The molecule has 188 valence electrons. The number of anilines is 1. The zero-order valence-corrected chi connectivity index (χ0v) is 21.1. The van der Waals surface area contributed by atoms with E-state index in [9.17, 15) is 14.4 Å². The van der Waals surface area contributed by atoms with Crippen molar-refractivity contribution in [1.29, 1.82) is 0 Å². The zero-order valence-electron chi connectivity index (χ0n) is 20.3. The van der Waals surface area contributed by atoms with E-state index < -0.39 is 5.91 Å². The van der Waals surface area contributed by atoms with Crippen molar-refractivity contribution in [3.63, 3.8) is 0 Å². The van der Waals surface area contributed by atoms with Gasteiger partial charge < -0.3 is 20.4 Å². The monoisotopic (exact) mass is 498 g/mol. The van der Waals surface area contributed by atoms with E-state index in [2.05, 4.69) is 25.7 Å². The summed E-state index contributed by atoms with van der Waals surface area (Å²) in [5.74, 6) is -0.887. The maximum atomic E-state index is 13.0. The molecule has 0 radical (unpaired) electrons. The highest BCUT2D eigenvalue weighted by atomic mass is 32.1. The first-order valence-electron chi connectivity index (χ1n) is 12.5. The van der Waals surface area contributed by atoms with E-state index in [1.54, 1.807) is 4.90 Å². The van der Waals surface area contributed by atoms with Crippen molar-refractivity contribution in [1.82, 2.24) is 25.3 Å². The lowest BCUT2D eigenvalue weighted by molar-refractivity contribution is -0.126. The van der Waals surface area contributed by atoms with Gasteiger partial charge in [-0.3, -0.25) is 14.4 Å². The summed E-state index contributed by atoms with van der Waals surface area (Å²) in [5.41, 5.74) is 1.75. The van der Waals surface area contributed by atoms with Gasteiger partial charge in [-0.25, -0.2) is 0 Å². The Bertz CT molecular complexity index is 1020. The van der Waals surface area contributed by atoms with E-state index >= 15 is 0 Å². The van der Waals surface area contributed by atoms with Crippen molar-refractivity contribution in [2.45, 2.75) is 45.4 Å². The first-order chi connectivity index (χ1) is 17.0. The van der Waals surface area contributed by atoms with Crippen LogP contribution in [0.25, 0.3) is 0 Å². The topological polar surface area (TPSA) is 108 Å². The van der Waals surface area contributed by atoms with Crippen LogP contribution < -0.4 is 10.6 Å². The molecule has 3 heterocycles. The van der Waals surface area contributed by atoms with Crippen LogP contribution in [0.2, 0.25) is 0 Å². The van der Waals surface area contributed by atoms with Gasteiger partial charge in [0.25, 0.3) is 11.8 Å². The number of rotatable bonds is 8. The van der Waals surface area contributed by atoms with Gasteiger partial charge in [0.2, 0.25) is 15.9 Å². The Kier molecular flexibility index (Phi) is 8.81. The number of carbonyl (C=O) groups excluding carboxylic acids is 3. The molecule has 3 amide bonds. The summed E-state index contributed by atoms with van der Waals surface area (Å²) in [5, 5.41) is 14.0. The molecule has 2 fully saturated rings. The third-order valence-corrected chi connectivity index (χ3v) is 7.50. The van der Waals surface area contributed by atoms with Crippen molar-refractivity contribution in [3.05, 3.63) is 39.8 Å². The molecule has 2 aromatic rings. The Morgan fingerprint density at radius 1 is 1.00 bits per heavy atom. The number of hydrogen-bond donors (Lipinski definition) is 2. The number of benzene rings is 1. The molecule has 2 saturated heterocycles. The molecule has 2 aliphatic heterocycles. The molecule has 2 N–H and O–H groups in total. The van der Waals surface area contributed by atoms with E-state index in [1.807, 2.05) is 31.2 Å². The Balaban J connectivity index is 1.24. The van der Waals surface area contributed by atoms with Crippen molar-refractivity contribution < 1.29 is 14.4 Å². The fourth-order valence-corrected chi connectivity index (χ4v) is 5.28. The maximum Gasteiger partial charge on any atom is 0.286 e. The van der Waals surface area contributed by atoms with Crippen LogP contribution in [0, 0.1) is 12.8 Å². The van der Waals surface area contributed by atoms with E-state index in [-0.39, 0.29) is 27.7 Å². The van der Waals surface area contributed by atoms with Crippen LogP contribution in [0.15, 0.2) is 24.3 Å². The normalized spacial score (nSPS) is 18.8. The molecule has 4 rings (SSSR count). The minimum absolute atomic E-state index is 0.0107. The molecule has 0 saturated carbocycles. The maximum absolute atomic E-state index is 13.0. The molecule has 35 heavy (non-hydrogen) atoms. The number of carbonyl (C=O) groups is 3. The number of likely N-dealkylation sites (tertiary alicyclic amines) is 2. The van der Waals surface area contributed by atoms with Gasteiger partial charge in [0.05, 0.1) is 5.92 Å². The third kappa shape index (κ3) is 7.08. The molecule has 0 spiro atoms. The van der Waals surface area contributed by atoms with Gasteiger partial charge in [0, 0.05) is 25.3 Å². The van der Waals surface area contributed by atoms with E-state index in [4.69, 9.17) is 0 Å². The first kappa shape index (κ1) is 25.2. The van der Waals surface area contributed by atoms with Crippen LogP contribution in [0.5, 0.6) is 0 Å². The first-order valence-corrected chi connectivity index (χ1v) is 13.3. The van der Waals surface area contributed by atoms with E-state index in [0.29, 0.717) is 25.3 Å². The summed E-state index contributed by atoms with van der Waals surface area (Å²) in [4.78, 5) is 42.3. The zero-order chi connectivity index (χ0) is 24.6. The van der Waals surface area contributed by atoms with Crippen molar-refractivity contribution in [2.75, 3.05) is 44.6 Å². The Morgan fingerprint density at radius 3 is 2.51 bits per heavy atom. The lowest BCUT2D eigenvalue weighted by Gasteiger charge is -2.31. The van der Waals surface area contributed by atoms with Crippen LogP contribution >= 0.6 is 11.3 Å². The number of nitrogens with zero attached hydrogens (tertiary/aromatic N) is 4. The molecular formula is C25H34N6O3S. The number of amides is 3. The SMILES string of the molecule is Cc1ccc(NC(=O)c2nnc(C(=O)N3CCC[C@@H](C(=O)NCCCN4CCCCC4)C3)s2)cc1. The van der Waals surface area contributed by atoms with Crippen LogP contribution in [0.1, 0.15) is 63.7 Å². The lowest BCUT2D eigenvalue weighted by atomic mass is 9.97. The highest BCUT2D eigenvalue weighted by molar-refractivity contribution is 7.15. The minimum atomic E-state index is -0.397. The molecule has 2 aliphatic rings. The fourth-order valence-electron chi connectivity index (χ4n) is 4.58. The predicted molar refractivity (Wildman–Crippen MR) is 136 cm³/mol. The van der Waals surface area contributed by atoms with Crippen molar-refractivity contribution in [3.8, 4) is 0 Å².